The van der Waals surface area contributed by atoms with E-state index in [1.807, 2.05) is 0 Å². The van der Waals surface area contributed by atoms with Gasteiger partial charge >= 0.3 is 12.1 Å². The third-order valence-corrected chi connectivity index (χ3v) is 5.78. The summed E-state index contributed by atoms with van der Waals surface area (Å²) in [4.78, 5) is 12.0. The van der Waals surface area contributed by atoms with Crippen LogP contribution in [-0.2, 0) is 16.8 Å². The molecule has 0 aliphatic carbocycles. The number of phenolic OH excluding ortho intramolecular Hbond substituents is 1. The summed E-state index contributed by atoms with van der Waals surface area (Å²) >= 11 is 0. The molecule has 4 nitrogen and oxygen atoms in total. The van der Waals surface area contributed by atoms with Gasteiger partial charge in [0.25, 0.3) is 0 Å². The zero-order valence-electron chi connectivity index (χ0n) is 17.2. The van der Waals surface area contributed by atoms with Gasteiger partial charge in [-0.3, -0.25) is 0 Å². The fraction of sp³-hybridized carbons (Fsp3) is 0.160. The first-order valence-electron chi connectivity index (χ1n) is 10.1. The van der Waals surface area contributed by atoms with E-state index in [1.54, 1.807) is 0 Å². The summed E-state index contributed by atoms with van der Waals surface area (Å²) < 4.78 is 59.0. The molecule has 2 N–H and O–H groups in total. The molecule has 0 saturated carbocycles. The van der Waals surface area contributed by atoms with Gasteiger partial charge in [-0.25, -0.2) is 9.18 Å². The molecule has 0 saturated heterocycles. The Bertz CT molecular complexity index is 1200. The summed E-state index contributed by atoms with van der Waals surface area (Å²) in [5.41, 5.74) is -1.74. The molecule has 1 heterocycles. The van der Waals surface area contributed by atoms with Gasteiger partial charge in [-0.05, 0) is 71.1 Å². The van der Waals surface area contributed by atoms with Crippen LogP contribution >= 0.6 is 0 Å². The standard InChI is InChI=1S/C25H19F4NO3/c26-19-6-8-20(9-7-19)30-14-13-17-15-21(31)10-11-22(17)24(30,25(27,28)29)18-4-1-16(2-5-18)3-12-23(32)33/h1-12,15,31H,13-14H2,(H,32,33)/b12-3+/t24-/m1/s1. The van der Waals surface area contributed by atoms with Crippen LogP contribution in [-0.4, -0.2) is 28.9 Å². The van der Waals surface area contributed by atoms with Crippen LogP contribution in [0.25, 0.3) is 6.08 Å². The van der Waals surface area contributed by atoms with Crippen LogP contribution in [0.2, 0.25) is 0 Å². The highest BCUT2D eigenvalue weighted by molar-refractivity contribution is 5.85. The zero-order chi connectivity index (χ0) is 23.8. The topological polar surface area (TPSA) is 60.8 Å². The van der Waals surface area contributed by atoms with Crippen molar-refractivity contribution in [1.29, 1.82) is 0 Å². The summed E-state index contributed by atoms with van der Waals surface area (Å²) in [7, 11) is 0. The number of phenols is 1. The minimum absolute atomic E-state index is 0.0255. The second-order valence-corrected chi connectivity index (χ2v) is 7.72. The van der Waals surface area contributed by atoms with E-state index in [2.05, 4.69) is 0 Å². The zero-order valence-corrected chi connectivity index (χ0v) is 17.2. The molecule has 4 rings (SSSR count). The SMILES string of the molecule is O=C(O)/C=C/c1ccc([C@]2(C(F)(F)F)c3ccc(O)cc3CCN2c2ccc(F)cc2)cc1. The number of fused-ring (bicyclic) bond motifs is 1. The smallest absolute Gasteiger partial charge is 0.420 e. The van der Waals surface area contributed by atoms with Gasteiger partial charge in [0, 0.05) is 18.3 Å². The molecule has 0 bridgehead atoms. The van der Waals surface area contributed by atoms with Crippen LogP contribution in [0, 0.1) is 5.82 Å². The monoisotopic (exact) mass is 457 g/mol. The minimum Gasteiger partial charge on any atom is -0.508 e. The first-order valence-corrected chi connectivity index (χ1v) is 10.1. The Morgan fingerprint density at radius 3 is 2.27 bits per heavy atom. The highest BCUT2D eigenvalue weighted by atomic mass is 19.4. The number of rotatable bonds is 4. The number of aliphatic carboxylic acids is 1. The van der Waals surface area contributed by atoms with Crippen LogP contribution in [0.5, 0.6) is 5.75 Å². The number of benzene rings is 3. The lowest BCUT2D eigenvalue weighted by Gasteiger charge is -2.50. The van der Waals surface area contributed by atoms with Gasteiger partial charge in [0.15, 0.2) is 5.54 Å². The van der Waals surface area contributed by atoms with E-state index in [0.717, 1.165) is 18.2 Å². The van der Waals surface area contributed by atoms with E-state index >= 15 is 13.2 Å². The molecule has 33 heavy (non-hydrogen) atoms. The second-order valence-electron chi connectivity index (χ2n) is 7.72. The maximum Gasteiger partial charge on any atom is 0.420 e. The predicted molar refractivity (Wildman–Crippen MR) is 116 cm³/mol. The lowest BCUT2D eigenvalue weighted by atomic mass is 9.74. The van der Waals surface area contributed by atoms with E-state index in [0.29, 0.717) is 11.1 Å². The van der Waals surface area contributed by atoms with Crippen LogP contribution in [0.15, 0.2) is 72.8 Å². The number of anilines is 1. The Hall–Kier alpha value is -3.81. The maximum atomic E-state index is 15.2. The van der Waals surface area contributed by atoms with E-state index in [4.69, 9.17) is 5.11 Å². The third kappa shape index (κ3) is 3.92. The fourth-order valence-corrected chi connectivity index (χ4v) is 4.41. The number of halogens is 4. The Morgan fingerprint density at radius 2 is 1.67 bits per heavy atom. The van der Waals surface area contributed by atoms with Gasteiger partial charge in [0.1, 0.15) is 11.6 Å². The van der Waals surface area contributed by atoms with Crippen LogP contribution in [0.3, 0.4) is 0 Å². The number of hydrogen-bond donors (Lipinski definition) is 2. The Kier molecular flexibility index (Phi) is 5.61. The summed E-state index contributed by atoms with van der Waals surface area (Å²) in [6, 6.07) is 14.1. The number of hydrogen-bond acceptors (Lipinski definition) is 3. The van der Waals surface area contributed by atoms with Crippen molar-refractivity contribution in [2.75, 3.05) is 11.4 Å². The first-order chi connectivity index (χ1) is 15.6. The van der Waals surface area contributed by atoms with E-state index in [-0.39, 0.29) is 35.5 Å². The van der Waals surface area contributed by atoms with Gasteiger partial charge < -0.3 is 15.1 Å². The maximum absolute atomic E-state index is 15.2. The molecule has 0 radical (unpaired) electrons. The number of alkyl halides is 3. The molecule has 1 aliphatic rings. The first kappa shape index (κ1) is 22.4. The molecule has 0 spiro atoms. The Labute approximate surface area is 187 Å². The van der Waals surface area contributed by atoms with Gasteiger partial charge in [0.05, 0.1) is 0 Å². The van der Waals surface area contributed by atoms with Gasteiger partial charge in [-0.1, -0.05) is 30.3 Å². The van der Waals surface area contributed by atoms with Crippen molar-refractivity contribution in [2.45, 2.75) is 18.1 Å². The minimum atomic E-state index is -4.80. The molecule has 1 atom stereocenters. The van der Waals surface area contributed by atoms with Gasteiger partial charge in [-0.2, -0.15) is 13.2 Å². The van der Waals surface area contributed by atoms with E-state index < -0.39 is 23.5 Å². The van der Waals surface area contributed by atoms with Crippen LogP contribution in [0.1, 0.15) is 22.3 Å². The van der Waals surface area contributed by atoms with Crippen molar-refractivity contribution >= 4 is 17.7 Å². The number of nitrogens with zero attached hydrogens (tertiary/aromatic N) is 1. The van der Waals surface area contributed by atoms with Crippen molar-refractivity contribution < 1.29 is 32.6 Å². The van der Waals surface area contributed by atoms with Crippen molar-refractivity contribution in [3.05, 3.63) is 101 Å². The molecule has 8 heteroatoms. The molecule has 0 fully saturated rings. The lowest BCUT2D eigenvalue weighted by Crippen LogP contribution is -2.60. The molecule has 0 unspecified atom stereocenters. The highest BCUT2D eigenvalue weighted by Crippen LogP contribution is 2.53. The average molecular weight is 457 g/mol. The predicted octanol–water partition coefficient (Wildman–Crippen LogP) is 5.50. The summed E-state index contributed by atoms with van der Waals surface area (Å²) in [5, 5.41) is 18.7. The Balaban J connectivity index is 1.98. The quantitative estimate of drug-likeness (QED) is 0.401. The third-order valence-electron chi connectivity index (χ3n) is 5.78. The van der Waals surface area contributed by atoms with Crippen molar-refractivity contribution in [3.63, 3.8) is 0 Å². The molecule has 3 aromatic carbocycles. The normalized spacial score (nSPS) is 18.4. The van der Waals surface area contributed by atoms with E-state index in [9.17, 15) is 14.3 Å². The molecule has 170 valence electrons. The fourth-order valence-electron chi connectivity index (χ4n) is 4.41. The number of carbonyl (C=O) groups is 1. The molecular formula is C25H19F4NO3. The molecular weight excluding hydrogens is 438 g/mol. The average Bonchev–Trinajstić information content (AvgIpc) is 2.77. The van der Waals surface area contributed by atoms with Crippen LogP contribution in [0.4, 0.5) is 23.2 Å². The van der Waals surface area contributed by atoms with Crippen molar-refractivity contribution in [2.24, 2.45) is 0 Å². The largest absolute Gasteiger partial charge is 0.508 e. The Morgan fingerprint density at radius 1 is 1.00 bits per heavy atom. The molecule has 3 aromatic rings. The van der Waals surface area contributed by atoms with Crippen molar-refractivity contribution in [1.82, 2.24) is 0 Å². The number of carboxylic acid groups (broad SMARTS) is 1. The van der Waals surface area contributed by atoms with Crippen molar-refractivity contribution in [3.8, 4) is 5.75 Å². The molecule has 1 aliphatic heterocycles. The highest BCUT2D eigenvalue weighted by Gasteiger charge is 2.63. The summed E-state index contributed by atoms with van der Waals surface area (Å²) in [5.74, 6) is -1.86. The number of aromatic hydroxyl groups is 1. The second kappa shape index (κ2) is 8.27. The number of carboxylic acids is 1. The molecule has 0 amide bonds. The summed E-state index contributed by atoms with van der Waals surface area (Å²) in [6.45, 7) is -0.0255. The van der Waals surface area contributed by atoms with Crippen LogP contribution < -0.4 is 4.90 Å². The summed E-state index contributed by atoms with van der Waals surface area (Å²) in [6.07, 6.45) is -2.36. The lowest BCUT2D eigenvalue weighted by molar-refractivity contribution is -0.179. The van der Waals surface area contributed by atoms with Gasteiger partial charge in [0.2, 0.25) is 0 Å². The molecule has 0 aromatic heterocycles. The van der Waals surface area contributed by atoms with E-state index in [1.165, 1.54) is 65.6 Å². The van der Waals surface area contributed by atoms with Gasteiger partial charge in [-0.15, -0.1) is 0 Å².